The number of aliphatic hydroxyl groups excluding tert-OH is 2. The monoisotopic (exact) mass is 242 g/mol. The van der Waals surface area contributed by atoms with E-state index in [1.807, 2.05) is 0 Å². The van der Waals surface area contributed by atoms with Gasteiger partial charge in [-0.15, -0.1) is 0 Å². The number of carbonyl (C=O) groups is 2. The lowest BCUT2D eigenvalue weighted by atomic mass is 10.1. The molecule has 0 radical (unpaired) electrons. The summed E-state index contributed by atoms with van der Waals surface area (Å²) in [6, 6.07) is 0. The van der Waals surface area contributed by atoms with Crippen LogP contribution in [0.4, 0.5) is 0 Å². The predicted octanol–water partition coefficient (Wildman–Crippen LogP) is 0.877. The Morgan fingerprint density at radius 1 is 1.29 bits per heavy atom. The fourth-order valence-electron chi connectivity index (χ4n) is 1.48. The lowest BCUT2D eigenvalue weighted by Crippen LogP contribution is -2.00. The Morgan fingerprint density at radius 2 is 2.00 bits per heavy atom. The Labute approximate surface area is 97.8 Å². The zero-order chi connectivity index (χ0) is 12.8. The number of carboxylic acid groups (broad SMARTS) is 1. The third kappa shape index (κ3) is 3.60. The third-order valence-electron chi connectivity index (χ3n) is 2.31. The molecule has 0 aliphatic carbocycles. The van der Waals surface area contributed by atoms with E-state index in [-0.39, 0.29) is 17.9 Å². The molecular formula is C11H14O6. The largest absolute Gasteiger partial charge is 0.504 e. The van der Waals surface area contributed by atoms with E-state index in [1.165, 1.54) is 0 Å². The standard InChI is InChI=1S/C11H14O6/c12-5-3-1-2-4-7-10(15)8(6-9(13)14)17-11(7)16/h6,12,15H,1-5H2,(H,13,14)/b8-6+. The van der Waals surface area contributed by atoms with Gasteiger partial charge in [0, 0.05) is 6.61 Å². The molecule has 0 unspecified atom stereocenters. The van der Waals surface area contributed by atoms with Gasteiger partial charge in [0.2, 0.25) is 0 Å². The summed E-state index contributed by atoms with van der Waals surface area (Å²) in [5.74, 6) is -2.72. The van der Waals surface area contributed by atoms with E-state index in [2.05, 4.69) is 4.74 Å². The maximum absolute atomic E-state index is 11.3. The molecule has 1 heterocycles. The third-order valence-corrected chi connectivity index (χ3v) is 2.31. The van der Waals surface area contributed by atoms with E-state index >= 15 is 0 Å². The summed E-state index contributed by atoms with van der Waals surface area (Å²) in [6.45, 7) is 0.0830. The molecule has 0 amide bonds. The van der Waals surface area contributed by atoms with Gasteiger partial charge in [0.1, 0.15) is 0 Å². The van der Waals surface area contributed by atoms with Crippen molar-refractivity contribution in [2.45, 2.75) is 25.7 Å². The molecule has 0 aromatic carbocycles. The maximum Gasteiger partial charge on any atom is 0.343 e. The van der Waals surface area contributed by atoms with Gasteiger partial charge in [0.15, 0.2) is 11.5 Å². The summed E-state index contributed by atoms with van der Waals surface area (Å²) in [6.07, 6.45) is 2.92. The van der Waals surface area contributed by atoms with Gasteiger partial charge in [-0.1, -0.05) is 6.42 Å². The smallest absolute Gasteiger partial charge is 0.343 e. The zero-order valence-corrected chi connectivity index (χ0v) is 9.18. The average molecular weight is 242 g/mol. The Hall–Kier alpha value is -1.82. The van der Waals surface area contributed by atoms with Crippen LogP contribution in [0.15, 0.2) is 23.2 Å². The fraction of sp³-hybridized carbons (Fsp3) is 0.455. The van der Waals surface area contributed by atoms with Crippen molar-refractivity contribution >= 4 is 11.9 Å². The van der Waals surface area contributed by atoms with Crippen molar-refractivity contribution in [2.75, 3.05) is 6.61 Å². The first-order valence-corrected chi connectivity index (χ1v) is 5.26. The summed E-state index contributed by atoms with van der Waals surface area (Å²) in [5, 5.41) is 26.6. The van der Waals surface area contributed by atoms with Crippen molar-refractivity contribution in [1.82, 2.24) is 0 Å². The van der Waals surface area contributed by atoms with Gasteiger partial charge in [0.25, 0.3) is 0 Å². The fourth-order valence-corrected chi connectivity index (χ4v) is 1.48. The van der Waals surface area contributed by atoms with E-state index in [9.17, 15) is 14.7 Å². The first-order valence-electron chi connectivity index (χ1n) is 5.26. The quantitative estimate of drug-likeness (QED) is 0.363. The van der Waals surface area contributed by atoms with Gasteiger partial charge in [0.05, 0.1) is 11.6 Å². The lowest BCUT2D eigenvalue weighted by Gasteiger charge is -1.98. The number of aliphatic hydroxyl groups is 2. The van der Waals surface area contributed by atoms with Crippen molar-refractivity contribution in [3.05, 3.63) is 23.2 Å². The topological polar surface area (TPSA) is 104 Å². The lowest BCUT2D eigenvalue weighted by molar-refractivity contribution is -0.133. The minimum Gasteiger partial charge on any atom is -0.504 e. The van der Waals surface area contributed by atoms with Crippen LogP contribution in [0.25, 0.3) is 0 Å². The molecule has 0 fully saturated rings. The molecule has 0 spiro atoms. The molecule has 3 N–H and O–H groups in total. The molecule has 0 aromatic rings. The number of carbonyl (C=O) groups excluding carboxylic acids is 1. The van der Waals surface area contributed by atoms with Crippen molar-refractivity contribution < 1.29 is 29.6 Å². The van der Waals surface area contributed by atoms with Gasteiger partial charge in [-0.25, -0.2) is 9.59 Å². The number of rotatable bonds is 6. The van der Waals surface area contributed by atoms with Crippen molar-refractivity contribution in [2.24, 2.45) is 0 Å². The number of aliphatic carboxylic acids is 1. The van der Waals surface area contributed by atoms with Crippen molar-refractivity contribution in [1.29, 1.82) is 0 Å². The molecule has 6 heteroatoms. The van der Waals surface area contributed by atoms with Crippen LogP contribution in [0, 0.1) is 0 Å². The second-order valence-electron chi connectivity index (χ2n) is 3.60. The highest BCUT2D eigenvalue weighted by molar-refractivity contribution is 5.95. The number of hydrogen-bond donors (Lipinski definition) is 3. The molecule has 0 bridgehead atoms. The van der Waals surface area contributed by atoms with Crippen LogP contribution in [0.2, 0.25) is 0 Å². The molecule has 1 aliphatic heterocycles. The van der Waals surface area contributed by atoms with Crippen LogP contribution >= 0.6 is 0 Å². The number of carboxylic acids is 1. The summed E-state index contributed by atoms with van der Waals surface area (Å²) in [4.78, 5) is 21.7. The minimum absolute atomic E-state index is 0.0830. The first-order chi connectivity index (χ1) is 8.06. The number of esters is 1. The van der Waals surface area contributed by atoms with E-state index in [0.29, 0.717) is 25.3 Å². The highest BCUT2D eigenvalue weighted by atomic mass is 16.6. The van der Waals surface area contributed by atoms with E-state index < -0.39 is 17.7 Å². The van der Waals surface area contributed by atoms with Crippen LogP contribution < -0.4 is 0 Å². The van der Waals surface area contributed by atoms with Gasteiger partial charge >= 0.3 is 11.9 Å². The van der Waals surface area contributed by atoms with E-state index in [0.717, 1.165) is 6.42 Å². The highest BCUT2D eigenvalue weighted by Gasteiger charge is 2.29. The average Bonchev–Trinajstić information content (AvgIpc) is 2.50. The minimum atomic E-state index is -1.29. The van der Waals surface area contributed by atoms with Crippen molar-refractivity contribution in [3.8, 4) is 0 Å². The summed E-state index contributed by atoms with van der Waals surface area (Å²) in [7, 11) is 0. The predicted molar refractivity (Wildman–Crippen MR) is 57.0 cm³/mol. The van der Waals surface area contributed by atoms with Gasteiger partial charge in [-0.3, -0.25) is 0 Å². The van der Waals surface area contributed by atoms with Crippen molar-refractivity contribution in [3.63, 3.8) is 0 Å². The Kier molecular flexibility index (Phi) is 4.71. The molecule has 0 aromatic heterocycles. The zero-order valence-electron chi connectivity index (χ0n) is 9.18. The van der Waals surface area contributed by atoms with Crippen LogP contribution in [0.3, 0.4) is 0 Å². The summed E-state index contributed by atoms with van der Waals surface area (Å²) < 4.78 is 4.62. The molecule has 94 valence electrons. The SMILES string of the molecule is O=C(O)/C=C1/OC(=O)C(CCCCCO)=C1O. The molecule has 1 rings (SSSR count). The molecule has 0 saturated heterocycles. The summed E-state index contributed by atoms with van der Waals surface area (Å²) >= 11 is 0. The summed E-state index contributed by atoms with van der Waals surface area (Å²) in [5.41, 5.74) is 0.0930. The van der Waals surface area contributed by atoms with E-state index in [4.69, 9.17) is 10.2 Å². The van der Waals surface area contributed by atoms with Crippen LogP contribution in [0.1, 0.15) is 25.7 Å². The van der Waals surface area contributed by atoms with Gasteiger partial charge in [-0.05, 0) is 19.3 Å². The Morgan fingerprint density at radius 3 is 2.59 bits per heavy atom. The van der Waals surface area contributed by atoms with Gasteiger partial charge < -0.3 is 20.1 Å². The van der Waals surface area contributed by atoms with Gasteiger partial charge in [-0.2, -0.15) is 0 Å². The van der Waals surface area contributed by atoms with Crippen LogP contribution in [0.5, 0.6) is 0 Å². The number of unbranched alkanes of at least 4 members (excludes halogenated alkanes) is 2. The second-order valence-corrected chi connectivity index (χ2v) is 3.60. The highest BCUT2D eigenvalue weighted by Crippen LogP contribution is 2.27. The normalized spacial score (nSPS) is 17.7. The molecule has 6 nitrogen and oxygen atoms in total. The van der Waals surface area contributed by atoms with Crippen LogP contribution in [-0.2, 0) is 14.3 Å². The molecule has 17 heavy (non-hydrogen) atoms. The van der Waals surface area contributed by atoms with E-state index in [1.54, 1.807) is 0 Å². The molecule has 0 saturated carbocycles. The maximum atomic E-state index is 11.3. The second kappa shape index (κ2) is 6.05. The number of hydrogen-bond acceptors (Lipinski definition) is 5. The Balaban J connectivity index is 2.66. The number of ether oxygens (including phenoxy) is 1. The Bertz CT molecular complexity index is 379. The molecular weight excluding hydrogens is 228 g/mol. The first kappa shape index (κ1) is 13.2. The number of cyclic esters (lactones) is 1. The molecule has 1 aliphatic rings. The van der Waals surface area contributed by atoms with Crippen LogP contribution in [-0.4, -0.2) is 33.9 Å². The molecule has 0 atom stereocenters.